The van der Waals surface area contributed by atoms with E-state index < -0.39 is 23.5 Å². The van der Waals surface area contributed by atoms with E-state index in [9.17, 15) is 36.9 Å². The number of hydrogen-bond acceptors (Lipinski definition) is 5. The third-order valence-electron chi connectivity index (χ3n) is 12.8. The summed E-state index contributed by atoms with van der Waals surface area (Å²) in [5, 5.41) is 20.5. The summed E-state index contributed by atoms with van der Waals surface area (Å²) in [5.74, 6) is 0.726. The molecule has 2 aromatic heterocycles. The largest absolute Gasteiger partial charge is 0.416 e. The summed E-state index contributed by atoms with van der Waals surface area (Å²) >= 11 is 0. The highest BCUT2D eigenvalue weighted by Crippen LogP contribution is 2.47. The lowest BCUT2D eigenvalue weighted by Gasteiger charge is -2.22. The lowest BCUT2D eigenvalue weighted by Crippen LogP contribution is -2.07. The van der Waals surface area contributed by atoms with Crippen molar-refractivity contribution in [1.29, 1.82) is 10.5 Å². The normalized spacial score (nSPS) is 11.7. The molecule has 0 N–H and O–H groups in total. The first-order valence-corrected chi connectivity index (χ1v) is 22.8. The fourth-order valence-electron chi connectivity index (χ4n) is 9.21. The van der Waals surface area contributed by atoms with Gasteiger partial charge in [0.2, 0.25) is 0 Å². The fraction of sp³-hybridized carbons (Fsp3) is 0.0328. The van der Waals surface area contributed by atoms with Gasteiger partial charge in [-0.25, -0.2) is 15.0 Å². The maximum Gasteiger partial charge on any atom is 0.416 e. The van der Waals surface area contributed by atoms with Gasteiger partial charge in [0, 0.05) is 38.6 Å². The molecule has 350 valence electrons. The van der Waals surface area contributed by atoms with Crippen LogP contribution in [0.1, 0.15) is 22.3 Å². The lowest BCUT2D eigenvalue weighted by atomic mass is 9.91. The Labute approximate surface area is 414 Å². The first-order valence-electron chi connectivity index (χ1n) is 22.8. The maximum atomic E-state index is 14.8. The number of alkyl halides is 6. The minimum atomic E-state index is -4.75. The molecule has 0 aliphatic heterocycles. The SMILES string of the molecule is N#Cc1ccc(-c2ccc3c(c2)c2cc(-c4ccc(C#N)cc4)ccc2n3-c2c(-c3cccc(C(F)(F)F)c3)cc(-c3nc(-c4ccccc4)nc(-c4ccccc4)n3)cc2-c2cccc(C(F)(F)F)c2)cc1. The number of hydrogen-bond donors (Lipinski definition) is 0. The van der Waals surface area contributed by atoms with Crippen molar-refractivity contribution in [3.63, 3.8) is 0 Å². The average molecular weight is 965 g/mol. The number of benzene rings is 9. The smallest absolute Gasteiger partial charge is 0.308 e. The minimum absolute atomic E-state index is 0.124. The molecule has 0 atom stereocenters. The van der Waals surface area contributed by atoms with Crippen molar-refractivity contribution in [2.45, 2.75) is 12.4 Å². The highest BCUT2D eigenvalue weighted by atomic mass is 19.4. The molecule has 0 fully saturated rings. The Morgan fingerprint density at radius 3 is 1.10 bits per heavy atom. The van der Waals surface area contributed by atoms with Crippen molar-refractivity contribution in [3.8, 4) is 96.5 Å². The summed E-state index contributed by atoms with van der Waals surface area (Å²) in [6.07, 6.45) is -9.50. The van der Waals surface area contributed by atoms with E-state index in [1.807, 2.05) is 126 Å². The Hall–Kier alpha value is -9.65. The number of halogens is 6. The molecule has 2 heterocycles. The van der Waals surface area contributed by atoms with Crippen LogP contribution in [0.25, 0.3) is 106 Å². The second-order valence-corrected chi connectivity index (χ2v) is 17.3. The molecule has 9 aromatic carbocycles. The van der Waals surface area contributed by atoms with Gasteiger partial charge in [0.05, 0.1) is 51.1 Å². The minimum Gasteiger partial charge on any atom is -0.308 e. The van der Waals surface area contributed by atoms with E-state index >= 15 is 0 Å². The zero-order valence-corrected chi connectivity index (χ0v) is 38.1. The maximum absolute atomic E-state index is 14.8. The standard InChI is InChI=1S/C61H34F6N6/c62-60(63,64)48-15-7-13-45(29-48)50-33-47(59-71-57(41-9-3-1-4-10-41)70-58(72-59)42-11-5-2-6-12-42)34-51(46-14-8-16-49(30-46)61(65,66)67)56(50)73-54-27-25-43(39-21-17-37(35-68)18-22-39)31-52(54)53-32-44(26-28-55(53)73)40-23-19-38(36-69)20-24-40/h1-34H. The Kier molecular flexibility index (Phi) is 11.5. The van der Waals surface area contributed by atoms with Crippen LogP contribution in [-0.2, 0) is 12.4 Å². The molecule has 0 aliphatic carbocycles. The van der Waals surface area contributed by atoms with Gasteiger partial charge in [-0.3, -0.25) is 0 Å². The van der Waals surface area contributed by atoms with Gasteiger partial charge in [-0.1, -0.05) is 121 Å². The second-order valence-electron chi connectivity index (χ2n) is 17.3. The van der Waals surface area contributed by atoms with Crippen LogP contribution in [0.15, 0.2) is 206 Å². The van der Waals surface area contributed by atoms with E-state index in [1.165, 1.54) is 12.1 Å². The van der Waals surface area contributed by atoms with E-state index in [-0.39, 0.29) is 28.1 Å². The summed E-state index contributed by atoms with van der Waals surface area (Å²) in [4.78, 5) is 14.7. The van der Waals surface area contributed by atoms with E-state index in [2.05, 4.69) is 12.1 Å². The fourth-order valence-corrected chi connectivity index (χ4v) is 9.21. The predicted octanol–water partition coefficient (Wildman–Crippen LogP) is 16.4. The van der Waals surface area contributed by atoms with Crippen molar-refractivity contribution in [1.82, 2.24) is 19.5 Å². The summed E-state index contributed by atoms with van der Waals surface area (Å²) in [7, 11) is 0. The molecule has 6 nitrogen and oxygen atoms in total. The third kappa shape index (κ3) is 8.83. The van der Waals surface area contributed by atoms with Crippen LogP contribution in [0.2, 0.25) is 0 Å². The van der Waals surface area contributed by atoms with Gasteiger partial charge < -0.3 is 4.57 Å². The highest BCUT2D eigenvalue weighted by Gasteiger charge is 2.33. The number of nitriles is 2. The van der Waals surface area contributed by atoms with Crippen LogP contribution in [-0.4, -0.2) is 19.5 Å². The quantitative estimate of drug-likeness (QED) is 0.142. The molecule has 11 rings (SSSR count). The molecule has 0 saturated heterocycles. The van der Waals surface area contributed by atoms with Gasteiger partial charge in [0.1, 0.15) is 0 Å². The van der Waals surface area contributed by atoms with Gasteiger partial charge in [0.15, 0.2) is 17.5 Å². The van der Waals surface area contributed by atoms with Crippen molar-refractivity contribution in [3.05, 3.63) is 229 Å². The van der Waals surface area contributed by atoms with Crippen LogP contribution in [0.3, 0.4) is 0 Å². The van der Waals surface area contributed by atoms with E-state index in [1.54, 1.807) is 48.5 Å². The molecule has 11 aromatic rings. The van der Waals surface area contributed by atoms with Crippen LogP contribution < -0.4 is 0 Å². The van der Waals surface area contributed by atoms with Crippen LogP contribution >= 0.6 is 0 Å². The topological polar surface area (TPSA) is 91.2 Å². The molecule has 12 heteroatoms. The van der Waals surface area contributed by atoms with Gasteiger partial charge in [0.25, 0.3) is 0 Å². The van der Waals surface area contributed by atoms with Gasteiger partial charge in [-0.05, 0) is 118 Å². The highest BCUT2D eigenvalue weighted by molar-refractivity contribution is 6.13. The summed E-state index contributed by atoms with van der Waals surface area (Å²) < 4.78 is 90.7. The second kappa shape index (κ2) is 18.3. The Bertz CT molecular complexity index is 3750. The van der Waals surface area contributed by atoms with E-state index in [0.29, 0.717) is 56.2 Å². The number of nitrogens with zero attached hydrogens (tertiary/aromatic N) is 6. The predicted molar refractivity (Wildman–Crippen MR) is 272 cm³/mol. The summed E-state index contributed by atoms with van der Waals surface area (Å²) in [5.41, 5.74) is 6.13. The summed E-state index contributed by atoms with van der Waals surface area (Å²) in [6, 6.07) is 61.5. The molecule has 0 unspecified atom stereocenters. The van der Waals surface area contributed by atoms with Crippen LogP contribution in [0, 0.1) is 22.7 Å². The molecule has 0 amide bonds. The van der Waals surface area contributed by atoms with Crippen molar-refractivity contribution >= 4 is 21.8 Å². The number of fused-ring (bicyclic) bond motifs is 3. The van der Waals surface area contributed by atoms with E-state index in [4.69, 9.17) is 15.0 Å². The first kappa shape index (κ1) is 45.8. The molecular weight excluding hydrogens is 931 g/mol. The van der Waals surface area contributed by atoms with Gasteiger partial charge in [-0.15, -0.1) is 0 Å². The molecule has 0 bridgehead atoms. The Morgan fingerprint density at radius 1 is 0.342 bits per heavy atom. The molecule has 0 saturated carbocycles. The van der Waals surface area contributed by atoms with Crippen molar-refractivity contribution in [2.75, 3.05) is 0 Å². The molecular formula is C61H34F6N6. The van der Waals surface area contributed by atoms with Crippen molar-refractivity contribution < 1.29 is 26.3 Å². The van der Waals surface area contributed by atoms with Gasteiger partial charge in [-0.2, -0.15) is 36.9 Å². The lowest BCUT2D eigenvalue weighted by molar-refractivity contribution is -0.138. The monoisotopic (exact) mass is 964 g/mol. The number of rotatable bonds is 8. The number of aromatic nitrogens is 4. The average Bonchev–Trinajstić information content (AvgIpc) is 3.75. The van der Waals surface area contributed by atoms with Gasteiger partial charge >= 0.3 is 12.4 Å². The summed E-state index contributed by atoms with van der Waals surface area (Å²) in [6.45, 7) is 0. The Balaban J connectivity index is 1.28. The third-order valence-corrected chi connectivity index (χ3v) is 12.8. The van der Waals surface area contributed by atoms with Crippen molar-refractivity contribution in [2.24, 2.45) is 0 Å². The zero-order chi connectivity index (χ0) is 50.4. The molecule has 73 heavy (non-hydrogen) atoms. The molecule has 0 radical (unpaired) electrons. The van der Waals surface area contributed by atoms with Crippen LogP contribution in [0.5, 0.6) is 0 Å². The first-order chi connectivity index (χ1) is 35.3. The zero-order valence-electron chi connectivity index (χ0n) is 38.1. The molecule has 0 spiro atoms. The van der Waals surface area contributed by atoms with E-state index in [0.717, 1.165) is 57.3 Å². The van der Waals surface area contributed by atoms with Crippen LogP contribution in [0.4, 0.5) is 26.3 Å². The Morgan fingerprint density at radius 2 is 0.712 bits per heavy atom. The molecule has 0 aliphatic rings.